The van der Waals surface area contributed by atoms with Gasteiger partial charge in [0.2, 0.25) is 0 Å². The number of benzene rings is 2. The van der Waals surface area contributed by atoms with Crippen LogP contribution in [0.5, 0.6) is 11.5 Å². The Kier molecular flexibility index (Phi) is 8.42. The molecule has 0 radical (unpaired) electrons. The highest BCUT2D eigenvalue weighted by molar-refractivity contribution is 9.10. The molecule has 2 aromatic carbocycles. The van der Waals surface area contributed by atoms with E-state index in [2.05, 4.69) is 15.9 Å². The SMILES string of the molecule is COc1ccc(CN(C(=O)OC(C)(C)C)c2cc(C(=O)N3CCOCC3)c3cccc(Br)c3n2)c(OC)c1. The summed E-state index contributed by atoms with van der Waals surface area (Å²) in [4.78, 5) is 35.2. The maximum absolute atomic E-state index is 13.7. The lowest BCUT2D eigenvalue weighted by atomic mass is 10.1. The molecule has 2 heterocycles. The number of fused-ring (bicyclic) bond motifs is 1. The molecule has 1 aliphatic rings. The summed E-state index contributed by atoms with van der Waals surface area (Å²) in [5, 5.41) is 0.686. The minimum Gasteiger partial charge on any atom is -0.497 e. The van der Waals surface area contributed by atoms with Crippen molar-refractivity contribution in [1.82, 2.24) is 9.88 Å². The van der Waals surface area contributed by atoms with Crippen LogP contribution in [0.3, 0.4) is 0 Å². The van der Waals surface area contributed by atoms with Gasteiger partial charge < -0.3 is 23.8 Å². The summed E-state index contributed by atoms with van der Waals surface area (Å²) < 4.78 is 22.8. The maximum Gasteiger partial charge on any atom is 0.416 e. The zero-order valence-electron chi connectivity index (χ0n) is 22.2. The summed E-state index contributed by atoms with van der Waals surface area (Å²) in [7, 11) is 3.13. The molecule has 1 fully saturated rings. The quantitative estimate of drug-likeness (QED) is 0.381. The number of anilines is 1. The summed E-state index contributed by atoms with van der Waals surface area (Å²) in [5.41, 5.74) is 0.984. The van der Waals surface area contributed by atoms with Gasteiger partial charge in [-0.3, -0.25) is 9.69 Å². The van der Waals surface area contributed by atoms with Crippen molar-refractivity contribution in [1.29, 1.82) is 0 Å². The molecule has 0 unspecified atom stereocenters. The van der Waals surface area contributed by atoms with Crippen molar-refractivity contribution in [2.45, 2.75) is 32.9 Å². The molecule has 0 atom stereocenters. The molecule has 4 rings (SSSR count). The highest BCUT2D eigenvalue weighted by Gasteiger charge is 2.29. The molecule has 9 nitrogen and oxygen atoms in total. The number of para-hydroxylation sites is 1. The predicted octanol–water partition coefficient (Wildman–Crippen LogP) is 5.43. The lowest BCUT2D eigenvalue weighted by molar-refractivity contribution is 0.0304. The lowest BCUT2D eigenvalue weighted by Gasteiger charge is -2.29. The van der Waals surface area contributed by atoms with Gasteiger partial charge in [0.15, 0.2) is 0 Å². The molecule has 3 aromatic rings. The smallest absolute Gasteiger partial charge is 0.416 e. The minimum absolute atomic E-state index is 0.0935. The topological polar surface area (TPSA) is 90.4 Å². The van der Waals surface area contributed by atoms with E-state index in [0.29, 0.717) is 64.3 Å². The molecule has 1 saturated heterocycles. The number of amides is 2. The van der Waals surface area contributed by atoms with Crippen LogP contribution in [0.15, 0.2) is 46.9 Å². The van der Waals surface area contributed by atoms with E-state index in [1.807, 2.05) is 24.3 Å². The number of ether oxygens (including phenoxy) is 4. The van der Waals surface area contributed by atoms with Gasteiger partial charge in [-0.15, -0.1) is 0 Å². The van der Waals surface area contributed by atoms with Gasteiger partial charge >= 0.3 is 6.09 Å². The number of carbonyl (C=O) groups excluding carboxylic acids is 2. The standard InChI is InChI=1S/C28H32BrN3O6/c1-28(2,3)38-27(34)32(17-18-9-10-19(35-4)15-23(18)36-5)24-16-21(26(33)31-11-13-37-14-12-31)20-7-6-8-22(29)25(20)30-24/h6-10,15-16H,11-14,17H2,1-5H3. The second kappa shape index (κ2) is 11.6. The molecular weight excluding hydrogens is 554 g/mol. The van der Waals surface area contributed by atoms with Crippen molar-refractivity contribution < 1.29 is 28.5 Å². The van der Waals surface area contributed by atoms with Crippen molar-refractivity contribution in [3.05, 3.63) is 58.1 Å². The first-order chi connectivity index (χ1) is 18.1. The Hall–Kier alpha value is -3.37. The maximum atomic E-state index is 13.7. The fourth-order valence-electron chi connectivity index (χ4n) is 4.16. The Morgan fingerprint density at radius 3 is 2.47 bits per heavy atom. The van der Waals surface area contributed by atoms with Gasteiger partial charge in [-0.1, -0.05) is 12.1 Å². The number of halogens is 1. The molecule has 38 heavy (non-hydrogen) atoms. The van der Waals surface area contributed by atoms with Crippen molar-refractivity contribution in [2.75, 3.05) is 45.4 Å². The van der Waals surface area contributed by atoms with E-state index in [9.17, 15) is 9.59 Å². The molecule has 1 aromatic heterocycles. The van der Waals surface area contributed by atoms with Crippen LogP contribution in [0.4, 0.5) is 10.6 Å². The zero-order valence-corrected chi connectivity index (χ0v) is 23.8. The van der Waals surface area contributed by atoms with Crippen LogP contribution in [0.2, 0.25) is 0 Å². The molecule has 202 valence electrons. The normalized spacial score (nSPS) is 13.8. The van der Waals surface area contributed by atoms with Crippen LogP contribution in [0, 0.1) is 0 Å². The third-order valence-corrected chi connectivity index (χ3v) is 6.66. The number of pyridine rings is 1. The van der Waals surface area contributed by atoms with Crippen molar-refractivity contribution in [2.24, 2.45) is 0 Å². The molecule has 2 amide bonds. The van der Waals surface area contributed by atoms with Crippen molar-refractivity contribution >= 4 is 44.7 Å². The summed E-state index contributed by atoms with van der Waals surface area (Å²) in [6.07, 6.45) is -0.598. The molecule has 0 bridgehead atoms. The molecule has 0 N–H and O–H groups in total. The van der Waals surface area contributed by atoms with Gasteiger partial charge in [-0.05, 0) is 61.0 Å². The van der Waals surface area contributed by atoms with Crippen LogP contribution in [-0.2, 0) is 16.0 Å². The Morgan fingerprint density at radius 2 is 1.82 bits per heavy atom. The number of nitrogens with zero attached hydrogens (tertiary/aromatic N) is 3. The van der Waals surface area contributed by atoms with Crippen LogP contribution in [0.25, 0.3) is 10.9 Å². The van der Waals surface area contributed by atoms with E-state index < -0.39 is 11.7 Å². The first-order valence-electron chi connectivity index (χ1n) is 12.3. The molecule has 10 heteroatoms. The van der Waals surface area contributed by atoms with E-state index in [1.165, 1.54) is 4.90 Å². The average Bonchev–Trinajstić information content (AvgIpc) is 2.90. The predicted molar refractivity (Wildman–Crippen MR) is 148 cm³/mol. The summed E-state index contributed by atoms with van der Waals surface area (Å²) in [5.74, 6) is 1.31. The fraction of sp³-hybridized carbons (Fsp3) is 0.393. The Labute approximate surface area is 230 Å². The van der Waals surface area contributed by atoms with Gasteiger partial charge in [0.25, 0.3) is 5.91 Å². The highest BCUT2D eigenvalue weighted by Crippen LogP contribution is 2.33. The van der Waals surface area contributed by atoms with Gasteiger partial charge in [-0.2, -0.15) is 0 Å². The van der Waals surface area contributed by atoms with E-state index in [4.69, 9.17) is 23.9 Å². The lowest BCUT2D eigenvalue weighted by Crippen LogP contribution is -2.41. The van der Waals surface area contributed by atoms with Gasteiger partial charge in [-0.25, -0.2) is 9.78 Å². The van der Waals surface area contributed by atoms with Crippen molar-refractivity contribution in [3.8, 4) is 11.5 Å². The Balaban J connectivity index is 1.86. The van der Waals surface area contributed by atoms with Gasteiger partial charge in [0.05, 0.1) is 45.1 Å². The first kappa shape index (κ1) is 27.7. The Morgan fingerprint density at radius 1 is 1.08 bits per heavy atom. The van der Waals surface area contributed by atoms with Gasteiger partial charge in [0, 0.05) is 34.6 Å². The number of hydrogen-bond acceptors (Lipinski definition) is 7. The molecular formula is C28H32BrN3O6. The van der Waals surface area contributed by atoms with Crippen LogP contribution < -0.4 is 14.4 Å². The number of aromatic nitrogens is 1. The van der Waals surface area contributed by atoms with E-state index in [1.54, 1.807) is 58.1 Å². The third kappa shape index (κ3) is 6.19. The second-order valence-electron chi connectivity index (χ2n) is 9.81. The number of hydrogen-bond donors (Lipinski definition) is 0. The average molecular weight is 586 g/mol. The summed E-state index contributed by atoms with van der Waals surface area (Å²) in [6.45, 7) is 7.43. The van der Waals surface area contributed by atoms with Crippen molar-refractivity contribution in [3.63, 3.8) is 0 Å². The highest BCUT2D eigenvalue weighted by atomic mass is 79.9. The van der Waals surface area contributed by atoms with E-state index >= 15 is 0 Å². The molecule has 0 aliphatic carbocycles. The molecule has 0 saturated carbocycles. The minimum atomic E-state index is -0.747. The zero-order chi connectivity index (χ0) is 27.4. The van der Waals surface area contributed by atoms with E-state index in [0.717, 1.165) is 0 Å². The van der Waals surface area contributed by atoms with Crippen LogP contribution >= 0.6 is 15.9 Å². The van der Waals surface area contributed by atoms with E-state index in [-0.39, 0.29) is 18.3 Å². The third-order valence-electron chi connectivity index (χ3n) is 6.02. The monoisotopic (exact) mass is 585 g/mol. The Bertz CT molecular complexity index is 1330. The summed E-state index contributed by atoms with van der Waals surface area (Å²) in [6, 6.07) is 12.6. The largest absolute Gasteiger partial charge is 0.497 e. The number of carbonyl (C=O) groups is 2. The van der Waals surface area contributed by atoms with Crippen LogP contribution in [-0.4, -0.2) is 68.0 Å². The summed E-state index contributed by atoms with van der Waals surface area (Å²) >= 11 is 3.57. The van der Waals surface area contributed by atoms with Crippen LogP contribution in [0.1, 0.15) is 36.7 Å². The number of methoxy groups -OCH3 is 2. The fourth-order valence-corrected chi connectivity index (χ4v) is 4.62. The number of rotatable bonds is 6. The molecule has 0 spiro atoms. The van der Waals surface area contributed by atoms with Gasteiger partial charge in [0.1, 0.15) is 22.9 Å². The second-order valence-corrected chi connectivity index (χ2v) is 10.7. The first-order valence-corrected chi connectivity index (χ1v) is 13.1. The molecule has 1 aliphatic heterocycles. The number of morpholine rings is 1.